The fraction of sp³-hybridized carbons (Fsp3) is 0.250. The fourth-order valence-electron chi connectivity index (χ4n) is 0.683. The molecule has 0 radical (unpaired) electrons. The summed E-state index contributed by atoms with van der Waals surface area (Å²) in [6.45, 7) is 2.72. The molecule has 12 heavy (non-hydrogen) atoms. The van der Waals surface area contributed by atoms with Gasteiger partial charge >= 0.3 is 24.8 Å². The average molecular weight is 261 g/mol. The van der Waals surface area contributed by atoms with Gasteiger partial charge in [-0.05, 0) is 19.1 Å². The average Bonchev–Trinajstić information content (AvgIpc) is 2.08. The van der Waals surface area contributed by atoms with Crippen LogP contribution in [0, 0.1) is 0 Å². The summed E-state index contributed by atoms with van der Waals surface area (Å²) in [5.41, 5.74) is 0. The summed E-state index contributed by atoms with van der Waals surface area (Å²) in [6, 6.07) is 9.80. The third-order valence-electron chi connectivity index (χ3n) is 1.05. The Bertz CT molecular complexity index is 182. The molecule has 0 aliphatic carbocycles. The minimum absolute atomic E-state index is 0.740. The van der Waals surface area contributed by atoms with Crippen molar-refractivity contribution in [3.05, 3.63) is 30.3 Å². The van der Waals surface area contributed by atoms with Crippen LogP contribution in [0.1, 0.15) is 6.92 Å². The van der Waals surface area contributed by atoms with Crippen molar-refractivity contribution in [1.82, 2.24) is 0 Å². The standard InChI is InChI=1S/C8H10O.2FH.Ru/c1-2-9-8-6-4-3-5-7-8;;;/h3-7H,2H2,1H3;2*1H;/q;;;+2/p-2. The van der Waals surface area contributed by atoms with Crippen molar-refractivity contribution in [3.8, 4) is 5.75 Å². The first-order chi connectivity index (χ1) is 5.85. The molecule has 0 unspecified atom stereocenters. The first kappa shape index (κ1) is 11.5. The normalized spacial score (nSPS) is 8.58. The van der Waals surface area contributed by atoms with Crippen LogP contribution < -0.4 is 4.74 Å². The van der Waals surface area contributed by atoms with E-state index in [2.05, 4.69) is 0 Å². The Morgan fingerprint density at radius 2 is 1.75 bits per heavy atom. The zero-order valence-electron chi connectivity index (χ0n) is 6.61. The number of benzene rings is 1. The molecule has 1 aromatic carbocycles. The van der Waals surface area contributed by atoms with Crippen LogP contribution in [0.15, 0.2) is 30.3 Å². The molecule has 0 saturated heterocycles. The number of halogens is 2. The number of para-hydroxylation sites is 1. The van der Waals surface area contributed by atoms with E-state index in [1.165, 1.54) is 0 Å². The zero-order chi connectivity index (χ0) is 9.23. The molecule has 0 aliphatic rings. The van der Waals surface area contributed by atoms with Gasteiger partial charge in [-0.2, -0.15) is 0 Å². The Labute approximate surface area is 79.5 Å². The van der Waals surface area contributed by atoms with E-state index in [9.17, 15) is 6.63 Å². The summed E-state index contributed by atoms with van der Waals surface area (Å²) in [5, 5.41) is 0. The van der Waals surface area contributed by atoms with Crippen molar-refractivity contribution in [1.29, 1.82) is 0 Å². The predicted octanol–water partition coefficient (Wildman–Crippen LogP) is 2.92. The molecule has 0 aromatic heterocycles. The molecule has 1 aromatic rings. The Kier molecular flexibility index (Phi) is 8.24. The molecule has 1 rings (SSSR count). The van der Waals surface area contributed by atoms with Crippen molar-refractivity contribution in [2.75, 3.05) is 6.61 Å². The quantitative estimate of drug-likeness (QED) is 0.744. The second-order valence-corrected chi connectivity index (χ2v) is 2.04. The molecule has 1 nitrogen and oxygen atoms in total. The van der Waals surface area contributed by atoms with Gasteiger partial charge in [-0.15, -0.1) is 0 Å². The third kappa shape index (κ3) is 6.23. The third-order valence-corrected chi connectivity index (χ3v) is 1.05. The second kappa shape index (κ2) is 8.60. The monoisotopic (exact) mass is 262 g/mol. The summed E-state index contributed by atoms with van der Waals surface area (Å²) in [4.78, 5) is 0. The number of ether oxygens (including phenoxy) is 1. The molecule has 70 valence electrons. The molecule has 0 fully saturated rings. The molecule has 0 N–H and O–H groups in total. The first-order valence-electron chi connectivity index (χ1n) is 3.38. The summed E-state index contributed by atoms with van der Waals surface area (Å²) in [7, 11) is 0. The van der Waals surface area contributed by atoms with Crippen LogP contribution in [-0.4, -0.2) is 6.61 Å². The van der Waals surface area contributed by atoms with E-state index in [1.807, 2.05) is 37.3 Å². The van der Waals surface area contributed by atoms with Gasteiger partial charge in [0, 0.05) is 0 Å². The van der Waals surface area contributed by atoms with E-state index in [0.717, 1.165) is 12.4 Å². The van der Waals surface area contributed by atoms with E-state index < -0.39 is 18.1 Å². The van der Waals surface area contributed by atoms with Crippen molar-refractivity contribution in [3.63, 3.8) is 0 Å². The second-order valence-electron chi connectivity index (χ2n) is 1.80. The molecule has 0 bridgehead atoms. The van der Waals surface area contributed by atoms with E-state index >= 15 is 0 Å². The SMILES string of the molecule is CCOc1ccccc1.[F][Ru][F]. The van der Waals surface area contributed by atoms with E-state index in [1.54, 1.807) is 0 Å². The maximum atomic E-state index is 9.72. The van der Waals surface area contributed by atoms with Crippen molar-refractivity contribution >= 4 is 0 Å². The van der Waals surface area contributed by atoms with Gasteiger partial charge in [0.1, 0.15) is 5.75 Å². The Hall–Kier alpha value is -0.497. The van der Waals surface area contributed by atoms with Crippen LogP contribution in [0.25, 0.3) is 0 Å². The van der Waals surface area contributed by atoms with Crippen LogP contribution in [0.2, 0.25) is 0 Å². The molecule has 0 aliphatic heterocycles. The van der Waals surface area contributed by atoms with Gasteiger partial charge < -0.3 is 4.74 Å². The van der Waals surface area contributed by atoms with Gasteiger partial charge in [0.2, 0.25) is 0 Å². The van der Waals surface area contributed by atoms with Gasteiger partial charge in [0.05, 0.1) is 6.61 Å². The zero-order valence-corrected chi connectivity index (χ0v) is 8.35. The van der Waals surface area contributed by atoms with Gasteiger partial charge in [-0.25, -0.2) is 0 Å². The fourth-order valence-corrected chi connectivity index (χ4v) is 0.683. The molecular weight excluding hydrogens is 251 g/mol. The molecular formula is C8H10F2ORu. The van der Waals surface area contributed by atoms with Gasteiger partial charge in [-0.3, -0.25) is 0 Å². The Morgan fingerprint density at radius 3 is 2.17 bits per heavy atom. The number of rotatable bonds is 2. The predicted molar refractivity (Wildman–Crippen MR) is 39.8 cm³/mol. The van der Waals surface area contributed by atoms with Crippen LogP contribution in [-0.2, 0) is 18.1 Å². The van der Waals surface area contributed by atoms with Crippen molar-refractivity contribution in [2.45, 2.75) is 6.92 Å². The van der Waals surface area contributed by atoms with Gasteiger partial charge in [0.15, 0.2) is 0 Å². The first-order valence-corrected chi connectivity index (χ1v) is 4.69. The van der Waals surface area contributed by atoms with Crippen LogP contribution in [0.5, 0.6) is 5.75 Å². The Balaban J connectivity index is 0.000000354. The summed E-state index contributed by atoms with van der Waals surface area (Å²) in [6.07, 6.45) is 0. The molecule has 0 atom stereocenters. The topological polar surface area (TPSA) is 9.23 Å². The molecule has 0 spiro atoms. The molecule has 0 amide bonds. The van der Waals surface area contributed by atoms with Crippen molar-refractivity contribution < 1.29 is 29.5 Å². The van der Waals surface area contributed by atoms with Gasteiger partial charge in [0.25, 0.3) is 0 Å². The molecule has 0 heterocycles. The summed E-state index contributed by atoms with van der Waals surface area (Å²) in [5.74, 6) is 0.944. The minimum atomic E-state index is -2.29. The van der Waals surface area contributed by atoms with Gasteiger partial charge in [-0.1, -0.05) is 18.2 Å². The summed E-state index contributed by atoms with van der Waals surface area (Å²) < 4.78 is 24.6. The van der Waals surface area contributed by atoms with Crippen molar-refractivity contribution in [2.24, 2.45) is 0 Å². The number of hydrogen-bond acceptors (Lipinski definition) is 1. The van der Waals surface area contributed by atoms with E-state index in [0.29, 0.717) is 0 Å². The van der Waals surface area contributed by atoms with Crippen LogP contribution in [0.3, 0.4) is 0 Å². The van der Waals surface area contributed by atoms with Crippen LogP contribution >= 0.6 is 0 Å². The maximum absolute atomic E-state index is 9.72. The number of hydrogen-bond donors (Lipinski definition) is 0. The van der Waals surface area contributed by atoms with E-state index in [-0.39, 0.29) is 0 Å². The molecule has 4 heteroatoms. The van der Waals surface area contributed by atoms with Crippen LogP contribution in [0.4, 0.5) is 6.63 Å². The van der Waals surface area contributed by atoms with E-state index in [4.69, 9.17) is 4.74 Å². The molecule has 0 saturated carbocycles. The summed E-state index contributed by atoms with van der Waals surface area (Å²) >= 11 is -2.29. The Morgan fingerprint density at radius 1 is 1.25 bits per heavy atom.